The number of esters is 1. The summed E-state index contributed by atoms with van der Waals surface area (Å²) in [6, 6.07) is 9.51. The SMILES string of the molecule is COc1cccc(/C=C/C(=O)OCC(=O)N(C)C2(C#N)CCCCC2)c1. The van der Waals surface area contributed by atoms with Gasteiger partial charge in [-0.25, -0.2) is 4.79 Å². The van der Waals surface area contributed by atoms with Crippen LogP contribution in [0.2, 0.25) is 0 Å². The molecule has 1 fully saturated rings. The first kappa shape index (κ1) is 19.5. The Bertz CT molecular complexity index is 715. The Morgan fingerprint density at radius 3 is 2.69 bits per heavy atom. The topological polar surface area (TPSA) is 79.6 Å². The molecular formula is C20H24N2O4. The normalized spacial score (nSPS) is 15.9. The molecule has 0 atom stereocenters. The minimum atomic E-state index is -0.780. The third-order valence-electron chi connectivity index (χ3n) is 4.75. The van der Waals surface area contributed by atoms with E-state index >= 15 is 0 Å². The molecule has 6 nitrogen and oxygen atoms in total. The van der Waals surface area contributed by atoms with Gasteiger partial charge in [0.05, 0.1) is 13.2 Å². The fourth-order valence-corrected chi connectivity index (χ4v) is 3.08. The third kappa shape index (κ3) is 4.85. The Labute approximate surface area is 154 Å². The first-order valence-electron chi connectivity index (χ1n) is 8.67. The van der Waals surface area contributed by atoms with Crippen molar-refractivity contribution in [3.63, 3.8) is 0 Å². The molecule has 0 aromatic heterocycles. The Hall–Kier alpha value is -2.81. The lowest BCUT2D eigenvalue weighted by Gasteiger charge is -2.38. The maximum absolute atomic E-state index is 12.3. The van der Waals surface area contributed by atoms with E-state index in [9.17, 15) is 14.9 Å². The van der Waals surface area contributed by atoms with Crippen LogP contribution in [0.1, 0.15) is 37.7 Å². The molecule has 1 aromatic carbocycles. The van der Waals surface area contributed by atoms with Crippen LogP contribution in [-0.4, -0.2) is 43.1 Å². The average Bonchev–Trinajstić information content (AvgIpc) is 2.70. The minimum absolute atomic E-state index is 0.364. The molecule has 1 aliphatic carbocycles. The molecule has 0 bridgehead atoms. The highest BCUT2D eigenvalue weighted by Crippen LogP contribution is 2.32. The first-order valence-corrected chi connectivity index (χ1v) is 8.67. The van der Waals surface area contributed by atoms with Crippen molar-refractivity contribution in [2.24, 2.45) is 0 Å². The molecule has 1 saturated carbocycles. The average molecular weight is 356 g/mol. The smallest absolute Gasteiger partial charge is 0.331 e. The number of rotatable bonds is 6. The maximum Gasteiger partial charge on any atom is 0.331 e. The molecule has 0 aliphatic heterocycles. The first-order chi connectivity index (χ1) is 12.5. The summed E-state index contributed by atoms with van der Waals surface area (Å²) in [5.74, 6) is -0.285. The number of amides is 1. The summed E-state index contributed by atoms with van der Waals surface area (Å²) in [6.45, 7) is -0.374. The van der Waals surface area contributed by atoms with Gasteiger partial charge in [-0.05, 0) is 36.6 Å². The van der Waals surface area contributed by atoms with Gasteiger partial charge in [-0.3, -0.25) is 4.79 Å². The van der Waals surface area contributed by atoms with Crippen molar-refractivity contribution < 1.29 is 19.1 Å². The molecule has 26 heavy (non-hydrogen) atoms. The summed E-state index contributed by atoms with van der Waals surface area (Å²) < 4.78 is 10.1. The molecular weight excluding hydrogens is 332 g/mol. The minimum Gasteiger partial charge on any atom is -0.497 e. The molecule has 1 aromatic rings. The van der Waals surface area contributed by atoms with Gasteiger partial charge in [0, 0.05) is 13.1 Å². The second-order valence-electron chi connectivity index (χ2n) is 6.37. The Kier molecular flexibility index (Phi) is 6.79. The molecule has 0 N–H and O–H groups in total. The number of carbonyl (C=O) groups is 2. The summed E-state index contributed by atoms with van der Waals surface area (Å²) in [7, 11) is 3.18. The van der Waals surface area contributed by atoms with Gasteiger partial charge in [0.25, 0.3) is 5.91 Å². The molecule has 0 radical (unpaired) electrons. The van der Waals surface area contributed by atoms with Crippen molar-refractivity contribution in [2.75, 3.05) is 20.8 Å². The molecule has 0 saturated heterocycles. The number of carbonyl (C=O) groups excluding carboxylic acids is 2. The predicted molar refractivity (Wildman–Crippen MR) is 97.2 cm³/mol. The van der Waals surface area contributed by atoms with E-state index in [-0.39, 0.29) is 12.5 Å². The fraction of sp³-hybridized carbons (Fsp3) is 0.450. The van der Waals surface area contributed by atoms with Crippen LogP contribution in [0.5, 0.6) is 5.75 Å². The van der Waals surface area contributed by atoms with Crippen LogP contribution in [0, 0.1) is 11.3 Å². The van der Waals surface area contributed by atoms with E-state index in [1.165, 1.54) is 11.0 Å². The quantitative estimate of drug-likeness (QED) is 0.578. The highest BCUT2D eigenvalue weighted by Gasteiger charge is 2.38. The highest BCUT2D eigenvalue weighted by atomic mass is 16.5. The molecule has 138 valence electrons. The molecule has 1 aliphatic rings. The second kappa shape index (κ2) is 9.04. The fourth-order valence-electron chi connectivity index (χ4n) is 3.08. The van der Waals surface area contributed by atoms with E-state index in [2.05, 4.69) is 6.07 Å². The Morgan fingerprint density at radius 2 is 2.04 bits per heavy atom. The van der Waals surface area contributed by atoms with Crippen molar-refractivity contribution in [1.29, 1.82) is 5.26 Å². The number of nitriles is 1. The maximum atomic E-state index is 12.3. The molecule has 1 amide bonds. The molecule has 0 heterocycles. The van der Waals surface area contributed by atoms with Gasteiger partial charge in [-0.1, -0.05) is 31.4 Å². The van der Waals surface area contributed by atoms with E-state index in [0.717, 1.165) is 24.8 Å². The van der Waals surface area contributed by atoms with Crippen molar-refractivity contribution in [3.8, 4) is 11.8 Å². The van der Waals surface area contributed by atoms with Gasteiger partial charge >= 0.3 is 5.97 Å². The van der Waals surface area contributed by atoms with Gasteiger partial charge < -0.3 is 14.4 Å². The summed E-state index contributed by atoms with van der Waals surface area (Å²) in [4.78, 5) is 25.6. The molecule has 6 heteroatoms. The van der Waals surface area contributed by atoms with Crippen LogP contribution in [0.25, 0.3) is 6.08 Å². The van der Waals surface area contributed by atoms with E-state index in [1.54, 1.807) is 32.4 Å². The van der Waals surface area contributed by atoms with Crippen molar-refractivity contribution in [1.82, 2.24) is 4.90 Å². The van der Waals surface area contributed by atoms with Gasteiger partial charge in [0.2, 0.25) is 0 Å². The number of nitrogens with zero attached hydrogens (tertiary/aromatic N) is 2. The lowest BCUT2D eigenvalue weighted by molar-refractivity contribution is -0.150. The van der Waals surface area contributed by atoms with Crippen LogP contribution < -0.4 is 4.74 Å². The second-order valence-corrected chi connectivity index (χ2v) is 6.37. The zero-order chi connectivity index (χ0) is 19.0. The van der Waals surface area contributed by atoms with Crippen molar-refractivity contribution in [3.05, 3.63) is 35.9 Å². The molecule has 0 unspecified atom stereocenters. The van der Waals surface area contributed by atoms with Crippen LogP contribution in [0.3, 0.4) is 0 Å². The zero-order valence-electron chi connectivity index (χ0n) is 15.2. The number of likely N-dealkylation sites (N-methyl/N-ethyl adjacent to an activating group) is 1. The Morgan fingerprint density at radius 1 is 1.31 bits per heavy atom. The predicted octanol–water partition coefficient (Wildman–Crippen LogP) is 2.94. The standard InChI is InChI=1S/C20H24N2O4/c1-22(20(15-21)11-4-3-5-12-20)18(23)14-26-19(24)10-9-16-7-6-8-17(13-16)25-2/h6-10,13H,3-5,11-12,14H2,1-2H3/b10-9+. The zero-order valence-corrected chi connectivity index (χ0v) is 15.2. The van der Waals surface area contributed by atoms with Gasteiger partial charge in [0.15, 0.2) is 6.61 Å². The number of hydrogen-bond acceptors (Lipinski definition) is 5. The number of benzene rings is 1. The van der Waals surface area contributed by atoms with Crippen LogP contribution in [-0.2, 0) is 14.3 Å². The van der Waals surface area contributed by atoms with E-state index in [4.69, 9.17) is 9.47 Å². The summed E-state index contributed by atoms with van der Waals surface area (Å²) in [5, 5.41) is 9.52. The Balaban J connectivity index is 1.88. The monoisotopic (exact) mass is 356 g/mol. The largest absolute Gasteiger partial charge is 0.497 e. The lowest BCUT2D eigenvalue weighted by Crippen LogP contribution is -2.51. The van der Waals surface area contributed by atoms with E-state index in [1.807, 2.05) is 12.1 Å². The number of methoxy groups -OCH3 is 1. The third-order valence-corrected chi connectivity index (χ3v) is 4.75. The highest BCUT2D eigenvalue weighted by molar-refractivity contribution is 5.89. The summed E-state index contributed by atoms with van der Waals surface area (Å²) >= 11 is 0. The lowest BCUT2D eigenvalue weighted by atomic mass is 9.81. The summed E-state index contributed by atoms with van der Waals surface area (Å²) in [5.41, 5.74) is 0.00780. The summed E-state index contributed by atoms with van der Waals surface area (Å²) in [6.07, 6.45) is 7.11. The van der Waals surface area contributed by atoms with Gasteiger partial charge in [-0.2, -0.15) is 5.26 Å². The molecule has 2 rings (SSSR count). The van der Waals surface area contributed by atoms with Crippen LogP contribution in [0.4, 0.5) is 0 Å². The van der Waals surface area contributed by atoms with Crippen LogP contribution >= 0.6 is 0 Å². The molecule has 0 spiro atoms. The number of hydrogen-bond donors (Lipinski definition) is 0. The van der Waals surface area contributed by atoms with E-state index < -0.39 is 11.5 Å². The van der Waals surface area contributed by atoms with Crippen molar-refractivity contribution >= 4 is 18.0 Å². The van der Waals surface area contributed by atoms with E-state index in [0.29, 0.717) is 18.6 Å². The number of ether oxygens (including phenoxy) is 2. The van der Waals surface area contributed by atoms with Gasteiger partial charge in [0.1, 0.15) is 11.3 Å². The van der Waals surface area contributed by atoms with Crippen molar-refractivity contribution in [2.45, 2.75) is 37.6 Å². The van der Waals surface area contributed by atoms with Crippen LogP contribution in [0.15, 0.2) is 30.3 Å². The van der Waals surface area contributed by atoms with Gasteiger partial charge in [-0.15, -0.1) is 0 Å².